The number of nitrogens with zero attached hydrogens (tertiary/aromatic N) is 3. The predicted octanol–water partition coefficient (Wildman–Crippen LogP) is 4.04. The predicted molar refractivity (Wildman–Crippen MR) is 87.7 cm³/mol. The Morgan fingerprint density at radius 2 is 2.04 bits per heavy atom. The largest absolute Gasteiger partial charge is 0.337 e. The molecule has 1 aliphatic heterocycles. The Morgan fingerprint density at radius 1 is 1.26 bits per heavy atom. The summed E-state index contributed by atoms with van der Waals surface area (Å²) in [4.78, 5) is 19.3. The van der Waals surface area contributed by atoms with Gasteiger partial charge >= 0.3 is 0 Å². The molecule has 1 aromatic heterocycles. The van der Waals surface area contributed by atoms with Crippen LogP contribution < -0.4 is 0 Å². The lowest BCUT2D eigenvalue weighted by molar-refractivity contribution is -0.138. The van der Waals surface area contributed by atoms with Gasteiger partial charge in [-0.05, 0) is 51.4 Å². The fraction of sp³-hybridized carbons (Fsp3) is 0.833. The van der Waals surface area contributed by atoms with Gasteiger partial charge in [0.25, 0.3) is 0 Å². The van der Waals surface area contributed by atoms with Crippen LogP contribution in [-0.4, -0.2) is 27.5 Å². The second kappa shape index (κ2) is 7.45. The quantitative estimate of drug-likeness (QED) is 0.822. The number of rotatable bonds is 5. The first-order valence-electron chi connectivity index (χ1n) is 9.29. The van der Waals surface area contributed by atoms with Gasteiger partial charge in [0.05, 0.1) is 0 Å². The second-order valence-corrected chi connectivity index (χ2v) is 7.23. The Hall–Kier alpha value is -1.39. The number of aromatic nitrogens is 2. The molecule has 2 aliphatic rings. The van der Waals surface area contributed by atoms with E-state index in [1.165, 1.54) is 32.1 Å². The van der Waals surface area contributed by atoms with Gasteiger partial charge in [-0.25, -0.2) is 0 Å². The Balaban J connectivity index is 1.57. The maximum atomic E-state index is 12.9. The van der Waals surface area contributed by atoms with Crippen LogP contribution in [0.1, 0.15) is 82.5 Å². The van der Waals surface area contributed by atoms with E-state index >= 15 is 0 Å². The van der Waals surface area contributed by atoms with Crippen molar-refractivity contribution in [1.82, 2.24) is 15.0 Å². The molecule has 0 aromatic carbocycles. The maximum Gasteiger partial charge on any atom is 0.249 e. The van der Waals surface area contributed by atoms with Gasteiger partial charge in [-0.2, -0.15) is 4.98 Å². The fourth-order valence-corrected chi connectivity index (χ4v) is 4.16. The van der Waals surface area contributed by atoms with Gasteiger partial charge in [-0.1, -0.05) is 31.3 Å². The molecule has 23 heavy (non-hydrogen) atoms. The van der Waals surface area contributed by atoms with Crippen molar-refractivity contribution in [3.8, 4) is 0 Å². The molecule has 0 bridgehead atoms. The summed E-state index contributed by atoms with van der Waals surface area (Å²) in [6.45, 7) is 4.91. The third-order valence-electron chi connectivity index (χ3n) is 5.53. The van der Waals surface area contributed by atoms with E-state index in [1.807, 2.05) is 11.8 Å². The summed E-state index contributed by atoms with van der Waals surface area (Å²) < 4.78 is 5.32. The molecule has 1 aromatic rings. The van der Waals surface area contributed by atoms with E-state index in [9.17, 15) is 4.79 Å². The van der Waals surface area contributed by atoms with Crippen molar-refractivity contribution in [2.45, 2.75) is 77.7 Å². The summed E-state index contributed by atoms with van der Waals surface area (Å²) in [7, 11) is 0. The van der Waals surface area contributed by atoms with Crippen LogP contribution in [0.15, 0.2) is 4.52 Å². The van der Waals surface area contributed by atoms with Gasteiger partial charge in [0.1, 0.15) is 6.04 Å². The topological polar surface area (TPSA) is 59.2 Å². The van der Waals surface area contributed by atoms with E-state index in [-0.39, 0.29) is 12.0 Å². The molecule has 0 spiro atoms. The van der Waals surface area contributed by atoms with Crippen molar-refractivity contribution in [3.05, 3.63) is 11.7 Å². The van der Waals surface area contributed by atoms with Crippen molar-refractivity contribution in [3.63, 3.8) is 0 Å². The highest BCUT2D eigenvalue weighted by atomic mass is 16.5. The molecule has 0 radical (unpaired) electrons. The first-order valence-corrected chi connectivity index (χ1v) is 9.29. The average molecular weight is 319 g/mol. The Morgan fingerprint density at radius 3 is 2.70 bits per heavy atom. The summed E-state index contributed by atoms with van der Waals surface area (Å²) in [5, 5.41) is 3.88. The molecular weight excluding hydrogens is 290 g/mol. The molecule has 1 atom stereocenters. The zero-order valence-electron chi connectivity index (χ0n) is 14.5. The highest BCUT2D eigenvalue weighted by Gasteiger charge is 2.37. The molecule has 2 heterocycles. The molecule has 0 N–H and O–H groups in total. The van der Waals surface area contributed by atoms with Gasteiger partial charge in [0, 0.05) is 12.5 Å². The van der Waals surface area contributed by atoms with E-state index in [0.717, 1.165) is 38.1 Å². The first kappa shape index (κ1) is 16.5. The Labute approximate surface area is 138 Å². The molecule has 1 aliphatic carbocycles. The van der Waals surface area contributed by atoms with Gasteiger partial charge < -0.3 is 9.42 Å². The fourth-order valence-electron chi connectivity index (χ4n) is 4.16. The van der Waals surface area contributed by atoms with Gasteiger partial charge in [-0.15, -0.1) is 0 Å². The molecule has 1 amide bonds. The number of hydrogen-bond acceptors (Lipinski definition) is 4. The highest BCUT2D eigenvalue weighted by Crippen LogP contribution is 2.37. The van der Waals surface area contributed by atoms with Crippen LogP contribution in [0.5, 0.6) is 0 Å². The zero-order chi connectivity index (χ0) is 16.2. The van der Waals surface area contributed by atoms with Gasteiger partial charge in [-0.3, -0.25) is 4.79 Å². The third kappa shape index (κ3) is 3.75. The van der Waals surface area contributed by atoms with E-state index in [0.29, 0.717) is 17.6 Å². The summed E-state index contributed by atoms with van der Waals surface area (Å²) in [5.74, 6) is 2.63. The number of hydrogen-bond donors (Lipinski definition) is 0. The van der Waals surface area contributed by atoms with Gasteiger partial charge in [0.2, 0.25) is 11.8 Å². The summed E-state index contributed by atoms with van der Waals surface area (Å²) in [6.07, 6.45) is 10.5. The lowest BCUT2D eigenvalue weighted by Gasteiger charge is -2.32. The molecular formula is C18H29N3O2. The van der Waals surface area contributed by atoms with Crippen molar-refractivity contribution >= 4 is 5.91 Å². The third-order valence-corrected chi connectivity index (χ3v) is 5.53. The number of carbonyl (C=O) groups excluding carboxylic acids is 1. The zero-order valence-corrected chi connectivity index (χ0v) is 14.5. The van der Waals surface area contributed by atoms with Crippen molar-refractivity contribution in [2.75, 3.05) is 6.54 Å². The molecule has 2 fully saturated rings. The number of aryl methyl sites for hydroxylation is 1. The molecule has 128 valence electrons. The summed E-state index contributed by atoms with van der Waals surface area (Å²) >= 11 is 0. The SMILES string of the molecule is CCCCC1CCC(C(=O)N2CCCC2c2nc(C)no2)CC1. The first-order chi connectivity index (χ1) is 11.2. The number of carbonyl (C=O) groups is 1. The minimum Gasteiger partial charge on any atom is -0.337 e. The summed E-state index contributed by atoms with van der Waals surface area (Å²) in [5.41, 5.74) is 0. The van der Waals surface area contributed by atoms with Gasteiger partial charge in [0.15, 0.2) is 5.82 Å². The smallest absolute Gasteiger partial charge is 0.249 e. The normalized spacial score (nSPS) is 28.3. The molecule has 3 rings (SSSR count). The van der Waals surface area contributed by atoms with Crippen LogP contribution in [0.2, 0.25) is 0 Å². The lowest BCUT2D eigenvalue weighted by atomic mass is 9.79. The average Bonchev–Trinajstić information content (AvgIpc) is 3.21. The van der Waals surface area contributed by atoms with Crippen molar-refractivity contribution in [1.29, 1.82) is 0 Å². The minimum atomic E-state index is 0.00140. The van der Waals surface area contributed by atoms with Crippen LogP contribution in [0.3, 0.4) is 0 Å². The molecule has 1 saturated carbocycles. The lowest BCUT2D eigenvalue weighted by Crippen LogP contribution is -2.37. The molecule has 5 nitrogen and oxygen atoms in total. The van der Waals surface area contributed by atoms with Crippen LogP contribution in [0.4, 0.5) is 0 Å². The van der Waals surface area contributed by atoms with E-state index < -0.39 is 0 Å². The standard InChI is InChI=1S/C18H29N3O2/c1-3-4-6-14-8-10-15(11-9-14)18(22)21-12-5-7-16(21)17-19-13(2)20-23-17/h14-16H,3-12H2,1-2H3. The molecule has 1 saturated heterocycles. The number of unbranched alkanes of at least 4 members (excludes halogenated alkanes) is 1. The molecule has 5 heteroatoms. The van der Waals surface area contributed by atoms with Crippen LogP contribution in [0.25, 0.3) is 0 Å². The van der Waals surface area contributed by atoms with Crippen LogP contribution in [-0.2, 0) is 4.79 Å². The monoisotopic (exact) mass is 319 g/mol. The van der Waals surface area contributed by atoms with E-state index in [2.05, 4.69) is 17.1 Å². The number of likely N-dealkylation sites (tertiary alicyclic amines) is 1. The minimum absolute atomic E-state index is 0.00140. The maximum absolute atomic E-state index is 12.9. The Kier molecular flexibility index (Phi) is 5.34. The number of amides is 1. The highest BCUT2D eigenvalue weighted by molar-refractivity contribution is 5.79. The van der Waals surface area contributed by atoms with Crippen LogP contribution >= 0.6 is 0 Å². The van der Waals surface area contributed by atoms with Crippen LogP contribution in [0, 0.1) is 18.8 Å². The second-order valence-electron chi connectivity index (χ2n) is 7.23. The van der Waals surface area contributed by atoms with E-state index in [1.54, 1.807) is 0 Å². The van der Waals surface area contributed by atoms with Crippen molar-refractivity contribution in [2.24, 2.45) is 11.8 Å². The molecule has 1 unspecified atom stereocenters. The Bertz CT molecular complexity index is 520. The van der Waals surface area contributed by atoms with Crippen molar-refractivity contribution < 1.29 is 9.32 Å². The summed E-state index contributed by atoms with van der Waals surface area (Å²) in [6, 6.07) is 0.00140. The van der Waals surface area contributed by atoms with E-state index in [4.69, 9.17) is 4.52 Å².